The third-order valence-corrected chi connectivity index (χ3v) is 4.55. The van der Waals surface area contributed by atoms with Crippen LogP contribution in [0.4, 0.5) is 11.5 Å². The fourth-order valence-electron chi connectivity index (χ4n) is 2.96. The Morgan fingerprint density at radius 2 is 1.86 bits per heavy atom. The average molecular weight is 404 g/mol. The molecule has 0 fully saturated rings. The van der Waals surface area contributed by atoms with Crippen LogP contribution in [0.1, 0.15) is 21.6 Å². The number of pyridine rings is 1. The van der Waals surface area contributed by atoms with E-state index in [0.29, 0.717) is 33.1 Å². The van der Waals surface area contributed by atoms with Crippen molar-refractivity contribution in [1.29, 1.82) is 0 Å². The Balaban J connectivity index is 1.86. The van der Waals surface area contributed by atoms with Gasteiger partial charge in [0.15, 0.2) is 0 Å². The minimum Gasteiger partial charge on any atom is -0.438 e. The standard InChI is InChI=1S/C23H18ClN3O2/c1-14-5-3-7-18(11-14)26-23-19(13-16-12-17(24)9-10-20(16)29-23)22(28)27-21-8-4-6-15(2)25-21/h3-13H,1-2H3,(H,25,27,28). The molecule has 0 unspecified atom stereocenters. The molecule has 4 aromatic rings. The number of fused-ring (bicyclic) bond motifs is 1. The Hall–Kier alpha value is -3.44. The van der Waals surface area contributed by atoms with Crippen molar-refractivity contribution in [1.82, 2.24) is 4.98 Å². The van der Waals surface area contributed by atoms with E-state index in [1.807, 2.05) is 50.2 Å². The smallest absolute Gasteiger partial charge is 0.262 e. The molecule has 0 aliphatic rings. The van der Waals surface area contributed by atoms with Crippen LogP contribution in [0.3, 0.4) is 0 Å². The summed E-state index contributed by atoms with van der Waals surface area (Å²) in [6.07, 6.45) is 0. The number of nitrogens with zero attached hydrogens (tertiary/aromatic N) is 2. The number of hydrogen-bond acceptors (Lipinski definition) is 4. The van der Waals surface area contributed by atoms with Gasteiger partial charge < -0.3 is 9.73 Å². The van der Waals surface area contributed by atoms with E-state index in [0.717, 1.165) is 11.3 Å². The molecule has 0 bridgehead atoms. The van der Waals surface area contributed by atoms with Crippen LogP contribution in [-0.4, -0.2) is 10.9 Å². The molecule has 0 aliphatic carbocycles. The van der Waals surface area contributed by atoms with Crippen LogP contribution in [0.15, 0.2) is 76.1 Å². The fraction of sp³-hybridized carbons (Fsp3) is 0.0870. The maximum atomic E-state index is 13.0. The minimum atomic E-state index is -0.361. The molecule has 0 spiro atoms. The van der Waals surface area contributed by atoms with Crippen LogP contribution in [-0.2, 0) is 0 Å². The quantitative estimate of drug-likeness (QED) is 0.485. The molecule has 0 saturated carbocycles. The lowest BCUT2D eigenvalue weighted by molar-refractivity contribution is 0.102. The summed E-state index contributed by atoms with van der Waals surface area (Å²) >= 11 is 6.11. The second kappa shape index (κ2) is 7.89. The first-order valence-corrected chi connectivity index (χ1v) is 9.45. The third kappa shape index (κ3) is 4.36. The van der Waals surface area contributed by atoms with Crippen LogP contribution in [0.25, 0.3) is 11.0 Å². The van der Waals surface area contributed by atoms with Crippen LogP contribution in [0, 0.1) is 13.8 Å². The zero-order chi connectivity index (χ0) is 20.4. The fourth-order valence-corrected chi connectivity index (χ4v) is 3.14. The average Bonchev–Trinajstić information content (AvgIpc) is 2.67. The Labute approximate surface area is 172 Å². The van der Waals surface area contributed by atoms with E-state index in [1.165, 1.54) is 0 Å². The van der Waals surface area contributed by atoms with Crippen LogP contribution in [0.2, 0.25) is 5.02 Å². The molecule has 144 valence electrons. The molecule has 0 atom stereocenters. The van der Waals surface area contributed by atoms with Gasteiger partial charge in [-0.2, -0.15) is 0 Å². The first-order chi connectivity index (χ1) is 14.0. The van der Waals surface area contributed by atoms with E-state index in [4.69, 9.17) is 16.0 Å². The molecule has 1 N–H and O–H groups in total. The lowest BCUT2D eigenvalue weighted by Gasteiger charge is -2.07. The topological polar surface area (TPSA) is 67.5 Å². The molecule has 29 heavy (non-hydrogen) atoms. The highest BCUT2D eigenvalue weighted by Crippen LogP contribution is 2.20. The van der Waals surface area contributed by atoms with Crippen molar-refractivity contribution < 1.29 is 9.21 Å². The van der Waals surface area contributed by atoms with Gasteiger partial charge in [-0.25, -0.2) is 9.98 Å². The molecule has 0 radical (unpaired) electrons. The summed E-state index contributed by atoms with van der Waals surface area (Å²) in [5.41, 5.74) is 3.67. The predicted molar refractivity (Wildman–Crippen MR) is 115 cm³/mol. The summed E-state index contributed by atoms with van der Waals surface area (Å²) in [5, 5.41) is 4.08. The van der Waals surface area contributed by atoms with E-state index < -0.39 is 0 Å². The number of rotatable bonds is 3. The highest BCUT2D eigenvalue weighted by Gasteiger charge is 2.14. The molecular formula is C23H18ClN3O2. The maximum absolute atomic E-state index is 13.0. The summed E-state index contributed by atoms with van der Waals surface area (Å²) in [5.74, 6) is 0.0998. The van der Waals surface area contributed by atoms with E-state index >= 15 is 0 Å². The molecule has 4 rings (SSSR count). The number of aryl methyl sites for hydroxylation is 2. The van der Waals surface area contributed by atoms with E-state index in [1.54, 1.807) is 30.3 Å². The summed E-state index contributed by atoms with van der Waals surface area (Å²) in [6, 6.07) is 20.1. The van der Waals surface area contributed by atoms with Gasteiger partial charge >= 0.3 is 0 Å². The zero-order valence-corrected chi connectivity index (χ0v) is 16.7. The lowest BCUT2D eigenvalue weighted by atomic mass is 10.1. The lowest BCUT2D eigenvalue weighted by Crippen LogP contribution is -2.22. The Morgan fingerprint density at radius 3 is 2.66 bits per heavy atom. The molecule has 2 heterocycles. The summed E-state index contributed by atoms with van der Waals surface area (Å²) in [7, 11) is 0. The van der Waals surface area contributed by atoms with Gasteiger partial charge in [0.25, 0.3) is 5.91 Å². The highest BCUT2D eigenvalue weighted by molar-refractivity contribution is 6.31. The number of carbonyl (C=O) groups excluding carboxylic acids is 1. The van der Waals surface area contributed by atoms with Crippen molar-refractivity contribution >= 4 is 40.0 Å². The number of carbonyl (C=O) groups is 1. The number of hydrogen-bond donors (Lipinski definition) is 1. The van der Waals surface area contributed by atoms with Gasteiger partial charge in [0.05, 0.1) is 5.69 Å². The molecule has 1 amide bonds. The second-order valence-corrected chi connectivity index (χ2v) is 7.15. The second-order valence-electron chi connectivity index (χ2n) is 6.72. The number of amides is 1. The molecule has 2 aromatic heterocycles. The summed E-state index contributed by atoms with van der Waals surface area (Å²) in [6.45, 7) is 3.84. The molecule has 2 aromatic carbocycles. The minimum absolute atomic E-state index is 0.218. The molecule has 5 nitrogen and oxygen atoms in total. The Kier molecular flexibility index (Phi) is 5.14. The van der Waals surface area contributed by atoms with Gasteiger partial charge in [0.1, 0.15) is 17.0 Å². The van der Waals surface area contributed by atoms with Crippen LogP contribution >= 0.6 is 11.6 Å². The maximum Gasteiger partial charge on any atom is 0.262 e. The molecule has 6 heteroatoms. The van der Waals surface area contributed by atoms with E-state index in [2.05, 4.69) is 15.3 Å². The van der Waals surface area contributed by atoms with Gasteiger partial charge in [-0.3, -0.25) is 4.79 Å². The number of aromatic nitrogens is 1. The van der Waals surface area contributed by atoms with Crippen molar-refractivity contribution in [3.8, 4) is 0 Å². The van der Waals surface area contributed by atoms with Crippen molar-refractivity contribution in [2.75, 3.05) is 5.32 Å². The summed E-state index contributed by atoms with van der Waals surface area (Å²) in [4.78, 5) is 21.9. The van der Waals surface area contributed by atoms with Gasteiger partial charge in [-0.1, -0.05) is 29.8 Å². The monoisotopic (exact) mass is 403 g/mol. The predicted octanol–water partition coefficient (Wildman–Crippen LogP) is 5.58. The van der Waals surface area contributed by atoms with Gasteiger partial charge in [-0.15, -0.1) is 0 Å². The SMILES string of the molecule is Cc1cccc(N=c2oc3ccc(Cl)cc3cc2C(=O)Nc2cccc(C)n2)c1. The number of anilines is 1. The first kappa shape index (κ1) is 18.9. The van der Waals surface area contributed by atoms with Gasteiger partial charge in [0, 0.05) is 16.1 Å². The normalized spacial score (nSPS) is 11.6. The summed E-state index contributed by atoms with van der Waals surface area (Å²) < 4.78 is 5.97. The number of halogens is 1. The molecular weight excluding hydrogens is 386 g/mol. The zero-order valence-electron chi connectivity index (χ0n) is 15.9. The van der Waals surface area contributed by atoms with E-state index in [9.17, 15) is 4.79 Å². The number of benzene rings is 2. The van der Waals surface area contributed by atoms with Crippen LogP contribution < -0.4 is 10.9 Å². The van der Waals surface area contributed by atoms with Gasteiger partial charge in [0.2, 0.25) is 5.55 Å². The molecule has 0 aliphatic heterocycles. The molecule has 0 saturated heterocycles. The van der Waals surface area contributed by atoms with Crippen molar-refractivity contribution in [3.05, 3.63) is 94.1 Å². The Morgan fingerprint density at radius 1 is 1.03 bits per heavy atom. The van der Waals surface area contributed by atoms with Crippen molar-refractivity contribution in [2.45, 2.75) is 13.8 Å². The van der Waals surface area contributed by atoms with Crippen molar-refractivity contribution in [3.63, 3.8) is 0 Å². The first-order valence-electron chi connectivity index (χ1n) is 9.08. The largest absolute Gasteiger partial charge is 0.438 e. The van der Waals surface area contributed by atoms with Gasteiger partial charge in [-0.05, 0) is 67.9 Å². The van der Waals surface area contributed by atoms with Crippen LogP contribution in [0.5, 0.6) is 0 Å². The number of nitrogens with one attached hydrogen (secondary N) is 1. The Bertz CT molecular complexity index is 1290. The third-order valence-electron chi connectivity index (χ3n) is 4.32. The highest BCUT2D eigenvalue weighted by atomic mass is 35.5. The van der Waals surface area contributed by atoms with E-state index in [-0.39, 0.29) is 11.5 Å². The van der Waals surface area contributed by atoms with Crippen molar-refractivity contribution in [2.24, 2.45) is 4.99 Å².